The number of aldehydes is 1. The molecule has 52 valence electrons. The Hall–Kier alpha value is -0.330. The summed E-state index contributed by atoms with van der Waals surface area (Å²) in [6.45, 7) is 2.11. The van der Waals surface area contributed by atoms with Crippen molar-refractivity contribution in [1.82, 2.24) is 0 Å². The smallest absolute Gasteiger partial charge is 0.126 e. The molecular formula is C8H14O. The van der Waals surface area contributed by atoms with Gasteiger partial charge in [0.25, 0.3) is 0 Å². The molecule has 0 N–H and O–H groups in total. The Morgan fingerprint density at radius 3 is 2.22 bits per heavy atom. The van der Waals surface area contributed by atoms with Crippen molar-refractivity contribution in [3.05, 3.63) is 0 Å². The molecular weight excluding hydrogens is 112 g/mol. The molecule has 0 aromatic heterocycles. The summed E-state index contributed by atoms with van der Waals surface area (Å²) in [5, 5.41) is 0. The molecule has 0 unspecified atom stereocenters. The van der Waals surface area contributed by atoms with Crippen molar-refractivity contribution in [3.63, 3.8) is 0 Å². The van der Waals surface area contributed by atoms with Crippen molar-refractivity contribution in [3.8, 4) is 0 Å². The molecule has 0 aromatic rings. The maximum Gasteiger partial charge on any atom is 0.126 e. The van der Waals surface area contributed by atoms with E-state index in [-0.39, 0.29) is 5.41 Å². The molecule has 0 amide bonds. The van der Waals surface area contributed by atoms with Crippen molar-refractivity contribution in [2.24, 2.45) is 5.41 Å². The number of carbonyl (C=O) groups excluding carboxylic acids is 1. The average molecular weight is 126 g/mol. The van der Waals surface area contributed by atoms with Crippen LogP contribution in [0.4, 0.5) is 0 Å². The molecule has 1 aliphatic rings. The number of hydrogen-bond acceptors (Lipinski definition) is 1. The van der Waals surface area contributed by atoms with Gasteiger partial charge in [0.1, 0.15) is 6.29 Å². The first kappa shape index (κ1) is 6.79. The van der Waals surface area contributed by atoms with Gasteiger partial charge in [-0.15, -0.1) is 0 Å². The lowest BCUT2D eigenvalue weighted by molar-refractivity contribution is -0.116. The summed E-state index contributed by atoms with van der Waals surface area (Å²) >= 11 is 0. The van der Waals surface area contributed by atoms with E-state index in [1.807, 2.05) is 0 Å². The molecule has 1 saturated carbocycles. The summed E-state index contributed by atoms with van der Waals surface area (Å²) in [4.78, 5) is 10.6. The number of hydrogen-bond donors (Lipinski definition) is 0. The molecule has 0 heterocycles. The molecule has 0 saturated heterocycles. The van der Waals surface area contributed by atoms with E-state index in [4.69, 9.17) is 0 Å². The second kappa shape index (κ2) is 2.51. The molecule has 0 radical (unpaired) electrons. The highest BCUT2D eigenvalue weighted by Gasteiger charge is 2.30. The summed E-state index contributed by atoms with van der Waals surface area (Å²) in [5.74, 6) is 0. The van der Waals surface area contributed by atoms with Gasteiger partial charge in [-0.3, -0.25) is 0 Å². The van der Waals surface area contributed by atoms with Gasteiger partial charge in [0.15, 0.2) is 0 Å². The van der Waals surface area contributed by atoms with Gasteiger partial charge in [-0.25, -0.2) is 0 Å². The predicted octanol–water partition coefficient (Wildman–Crippen LogP) is 2.16. The molecule has 1 heteroatoms. The highest BCUT2D eigenvalue weighted by Crippen LogP contribution is 2.38. The minimum atomic E-state index is 0.0972. The van der Waals surface area contributed by atoms with Gasteiger partial charge >= 0.3 is 0 Å². The maximum absolute atomic E-state index is 10.6. The van der Waals surface area contributed by atoms with E-state index in [1.54, 1.807) is 0 Å². The zero-order chi connectivity index (χ0) is 6.74. The van der Waals surface area contributed by atoms with Crippen molar-refractivity contribution in [2.45, 2.75) is 39.0 Å². The third-order valence-corrected chi connectivity index (χ3v) is 2.55. The summed E-state index contributed by atoms with van der Waals surface area (Å²) in [5.41, 5.74) is 0.0972. The topological polar surface area (TPSA) is 17.1 Å². The van der Waals surface area contributed by atoms with Gasteiger partial charge in [0.05, 0.1) is 0 Å². The van der Waals surface area contributed by atoms with E-state index >= 15 is 0 Å². The third kappa shape index (κ3) is 1.15. The van der Waals surface area contributed by atoms with Crippen LogP contribution >= 0.6 is 0 Å². The molecule has 1 nitrogen and oxygen atoms in total. The van der Waals surface area contributed by atoms with Gasteiger partial charge in [-0.05, 0) is 19.3 Å². The van der Waals surface area contributed by atoms with Crippen molar-refractivity contribution in [1.29, 1.82) is 0 Å². The predicted molar refractivity (Wildman–Crippen MR) is 37.3 cm³/mol. The van der Waals surface area contributed by atoms with Gasteiger partial charge in [-0.2, -0.15) is 0 Å². The molecule has 0 aromatic carbocycles. The number of carbonyl (C=O) groups is 1. The molecule has 1 fully saturated rings. The van der Waals surface area contributed by atoms with Gasteiger partial charge in [0.2, 0.25) is 0 Å². The van der Waals surface area contributed by atoms with Crippen LogP contribution in [0.15, 0.2) is 0 Å². The van der Waals surface area contributed by atoms with Gasteiger partial charge in [0, 0.05) is 5.41 Å². The lowest BCUT2D eigenvalue weighted by atomic mass is 9.85. The van der Waals surface area contributed by atoms with Crippen molar-refractivity contribution in [2.75, 3.05) is 0 Å². The van der Waals surface area contributed by atoms with E-state index in [1.165, 1.54) is 19.1 Å². The summed E-state index contributed by atoms with van der Waals surface area (Å²) in [6.07, 6.45) is 6.98. The van der Waals surface area contributed by atoms with Crippen LogP contribution in [0.1, 0.15) is 39.0 Å². The number of rotatable bonds is 2. The molecule has 0 bridgehead atoms. The largest absolute Gasteiger partial charge is 0.303 e. The highest BCUT2D eigenvalue weighted by atomic mass is 16.1. The van der Waals surface area contributed by atoms with Crippen molar-refractivity contribution < 1.29 is 4.79 Å². The summed E-state index contributed by atoms with van der Waals surface area (Å²) in [7, 11) is 0. The van der Waals surface area contributed by atoms with Crippen LogP contribution in [0.3, 0.4) is 0 Å². The van der Waals surface area contributed by atoms with Crippen LogP contribution in [0.25, 0.3) is 0 Å². The Labute approximate surface area is 56.4 Å². The molecule has 9 heavy (non-hydrogen) atoms. The monoisotopic (exact) mass is 126 g/mol. The van der Waals surface area contributed by atoms with E-state index in [9.17, 15) is 4.79 Å². The van der Waals surface area contributed by atoms with Crippen molar-refractivity contribution >= 4 is 6.29 Å². The Morgan fingerprint density at radius 2 is 2.00 bits per heavy atom. The zero-order valence-corrected chi connectivity index (χ0v) is 6.02. The first-order valence-corrected chi connectivity index (χ1v) is 3.79. The van der Waals surface area contributed by atoms with Crippen LogP contribution in [-0.4, -0.2) is 6.29 Å². The van der Waals surface area contributed by atoms with E-state index in [0.717, 1.165) is 19.3 Å². The Balaban J connectivity index is 2.55. The molecule has 0 aliphatic heterocycles. The second-order valence-electron chi connectivity index (χ2n) is 3.04. The highest BCUT2D eigenvalue weighted by molar-refractivity contribution is 5.59. The average Bonchev–Trinajstić information content (AvgIpc) is 2.36. The van der Waals surface area contributed by atoms with Crippen LogP contribution in [0, 0.1) is 5.41 Å². The summed E-state index contributed by atoms with van der Waals surface area (Å²) in [6, 6.07) is 0. The minimum Gasteiger partial charge on any atom is -0.303 e. The zero-order valence-electron chi connectivity index (χ0n) is 6.02. The first-order valence-electron chi connectivity index (χ1n) is 3.79. The Morgan fingerprint density at radius 1 is 1.44 bits per heavy atom. The lowest BCUT2D eigenvalue weighted by Crippen LogP contribution is -2.15. The van der Waals surface area contributed by atoms with E-state index in [0.29, 0.717) is 0 Å². The standard InChI is InChI=1S/C8H14O/c1-2-8(7-9)5-3-4-6-8/h7H,2-6H2,1H3. The van der Waals surface area contributed by atoms with Gasteiger partial charge in [-0.1, -0.05) is 19.8 Å². The van der Waals surface area contributed by atoms with E-state index < -0.39 is 0 Å². The lowest BCUT2D eigenvalue weighted by Gasteiger charge is -2.17. The second-order valence-corrected chi connectivity index (χ2v) is 3.04. The summed E-state index contributed by atoms with van der Waals surface area (Å²) < 4.78 is 0. The minimum absolute atomic E-state index is 0.0972. The first-order chi connectivity index (χ1) is 4.33. The SMILES string of the molecule is CCC1(C=O)CCCC1. The quantitative estimate of drug-likeness (QED) is 0.518. The fourth-order valence-corrected chi connectivity index (χ4v) is 1.63. The fraction of sp³-hybridized carbons (Fsp3) is 0.875. The van der Waals surface area contributed by atoms with Crippen LogP contribution < -0.4 is 0 Å². The third-order valence-electron chi connectivity index (χ3n) is 2.55. The Kier molecular flexibility index (Phi) is 1.89. The molecule has 1 rings (SSSR count). The Bertz CT molecular complexity index is 101. The van der Waals surface area contributed by atoms with Crippen LogP contribution in [-0.2, 0) is 4.79 Å². The maximum atomic E-state index is 10.6. The van der Waals surface area contributed by atoms with E-state index in [2.05, 4.69) is 6.92 Å². The van der Waals surface area contributed by atoms with Crippen LogP contribution in [0.2, 0.25) is 0 Å². The molecule has 0 spiro atoms. The van der Waals surface area contributed by atoms with Gasteiger partial charge < -0.3 is 4.79 Å². The molecule has 1 aliphatic carbocycles. The molecule has 0 atom stereocenters. The normalized spacial score (nSPS) is 24.1. The van der Waals surface area contributed by atoms with Crippen LogP contribution in [0.5, 0.6) is 0 Å². The fourth-order valence-electron chi connectivity index (χ4n) is 1.63.